The second-order valence-corrected chi connectivity index (χ2v) is 29.5. The highest BCUT2D eigenvalue weighted by molar-refractivity contribution is 6.22. The number of hydrogen-bond donors (Lipinski definition) is 0. The Balaban J connectivity index is 0.000000138. The van der Waals surface area contributed by atoms with Gasteiger partial charge < -0.3 is 0 Å². The van der Waals surface area contributed by atoms with Gasteiger partial charge in [-0.15, -0.1) is 0 Å². The molecular weight excluding hydrogens is 1420 g/mol. The number of pyridine rings is 12. The van der Waals surface area contributed by atoms with Crippen LogP contribution in [0.4, 0.5) is 0 Å². The van der Waals surface area contributed by atoms with E-state index in [1.54, 1.807) is 0 Å². The van der Waals surface area contributed by atoms with E-state index in [9.17, 15) is 0 Å². The van der Waals surface area contributed by atoms with E-state index in [-0.39, 0.29) is 0 Å². The molecule has 24 aromatic rings. The van der Waals surface area contributed by atoms with Crippen molar-refractivity contribution in [2.45, 2.75) is 0 Å². The van der Waals surface area contributed by atoms with Crippen molar-refractivity contribution in [2.75, 3.05) is 0 Å². The van der Waals surface area contributed by atoms with Crippen LogP contribution in [0, 0.1) is 0 Å². The van der Waals surface area contributed by atoms with Gasteiger partial charge in [0.1, 0.15) is 0 Å². The summed E-state index contributed by atoms with van der Waals surface area (Å²) in [5.41, 5.74) is 27.2. The van der Waals surface area contributed by atoms with E-state index in [2.05, 4.69) is 311 Å². The maximum Gasteiger partial charge on any atom is 0.0972 e. The molecule has 12 aromatic heterocycles. The van der Waals surface area contributed by atoms with Gasteiger partial charge in [-0.2, -0.15) is 0 Å². The third kappa shape index (κ3) is 11.4. The summed E-state index contributed by atoms with van der Waals surface area (Å²) in [5.74, 6) is 0. The first-order valence-electron chi connectivity index (χ1n) is 38.7. The summed E-state index contributed by atoms with van der Waals surface area (Å²) in [6, 6.07) is 117. The molecule has 0 aliphatic carbocycles. The summed E-state index contributed by atoms with van der Waals surface area (Å²) in [6.45, 7) is 0. The Morgan fingerprint density at radius 1 is 0.147 bits per heavy atom. The van der Waals surface area contributed by atoms with Gasteiger partial charge >= 0.3 is 0 Å². The number of nitrogens with zero attached hydrogens (tertiary/aromatic N) is 12. The fourth-order valence-electron chi connectivity index (χ4n) is 16.9. The molecule has 12 heteroatoms. The molecule has 0 spiro atoms. The molecule has 0 aliphatic rings. The van der Waals surface area contributed by atoms with Gasteiger partial charge in [-0.1, -0.05) is 206 Å². The van der Waals surface area contributed by atoms with Gasteiger partial charge in [0, 0.05) is 112 Å². The van der Waals surface area contributed by atoms with Crippen LogP contribution in [0.3, 0.4) is 0 Å². The van der Waals surface area contributed by atoms with E-state index < -0.39 is 0 Å². The zero-order valence-electron chi connectivity index (χ0n) is 62.0. The topological polar surface area (TPSA) is 155 Å². The second kappa shape index (κ2) is 26.9. The van der Waals surface area contributed by atoms with Crippen molar-refractivity contribution in [2.24, 2.45) is 0 Å². The summed E-state index contributed by atoms with van der Waals surface area (Å²) in [7, 11) is 0. The summed E-state index contributed by atoms with van der Waals surface area (Å²) in [6.07, 6.45) is 9.13. The largest absolute Gasteiger partial charge is 0.254 e. The third-order valence-corrected chi connectivity index (χ3v) is 22.6. The van der Waals surface area contributed by atoms with Gasteiger partial charge in [-0.3, -0.25) is 24.9 Å². The number of aromatic nitrogens is 12. The lowest BCUT2D eigenvalue weighted by Gasteiger charge is -2.17. The number of hydrogen-bond acceptors (Lipinski definition) is 12. The van der Waals surface area contributed by atoms with E-state index in [0.717, 1.165) is 242 Å². The van der Waals surface area contributed by atoms with E-state index in [4.69, 9.17) is 39.9 Å². The van der Waals surface area contributed by atoms with E-state index in [1.165, 1.54) is 0 Å². The van der Waals surface area contributed by atoms with Gasteiger partial charge in [0.15, 0.2) is 0 Å². The Bertz CT molecular complexity index is 8200. The Morgan fingerprint density at radius 2 is 0.414 bits per heavy atom. The van der Waals surface area contributed by atoms with Crippen LogP contribution in [-0.4, -0.2) is 59.8 Å². The average molecular weight is 1480 g/mol. The number of benzene rings is 12. The number of rotatable bonds is 8. The average Bonchev–Trinajstić information content (AvgIpc) is 0.725. The van der Waals surface area contributed by atoms with Crippen LogP contribution in [0.5, 0.6) is 0 Å². The van der Waals surface area contributed by atoms with Gasteiger partial charge in [-0.05, 0) is 182 Å². The highest BCUT2D eigenvalue weighted by Crippen LogP contribution is 2.45. The molecule has 24 rings (SSSR count). The molecule has 0 unspecified atom stereocenters. The van der Waals surface area contributed by atoms with Crippen molar-refractivity contribution in [3.8, 4) is 89.9 Å². The zero-order chi connectivity index (χ0) is 76.3. The predicted molar refractivity (Wildman–Crippen MR) is 475 cm³/mol. The summed E-state index contributed by atoms with van der Waals surface area (Å²) < 4.78 is 0. The van der Waals surface area contributed by atoms with Gasteiger partial charge in [0.25, 0.3) is 0 Å². The lowest BCUT2D eigenvalue weighted by molar-refractivity contribution is 1.31. The molecule has 0 radical (unpaired) electrons. The van der Waals surface area contributed by atoms with E-state index >= 15 is 0 Å². The Kier molecular flexibility index (Phi) is 15.3. The van der Waals surface area contributed by atoms with E-state index in [1.807, 2.05) is 73.4 Å². The van der Waals surface area contributed by atoms with Crippen LogP contribution in [-0.2, 0) is 0 Å². The highest BCUT2D eigenvalue weighted by atomic mass is 14.8. The summed E-state index contributed by atoms with van der Waals surface area (Å²) in [4.78, 5) is 59.0. The molecule has 0 aliphatic heterocycles. The molecule has 0 amide bonds. The van der Waals surface area contributed by atoms with Crippen molar-refractivity contribution in [3.63, 3.8) is 0 Å². The lowest BCUT2D eigenvalue weighted by atomic mass is 9.88. The standard InChI is InChI=1S/C56H32N6.C48H28N6/c1-3-11-43-41(9-1)51(42-10-2-4-12-44(42)52(43)50-27-18-36-16-14-34-8-6-30-58-54(34)56(36)62-50)49-28-22-40-32-38(20-24-46(40)60-49)37-19-23-45-39(31-37)21-26-47(59-45)48-25-17-35-15-13-33-7-5-29-57-53(33)55(35)61-48;1-4-31-11-12-32-13-21-44(54-47(32)45(31)49-23-1)43-22-17-36-27-34(15-19-42(36)53-43)33-14-18-41-35(26-33)16-20-40(52-41)30-9-7-29(8-10-30)39-28-37-5-2-24-50-46(37)48-38(39)6-3-25-51-48/h1-32H;1-28H. The van der Waals surface area contributed by atoms with Crippen molar-refractivity contribution in [3.05, 3.63) is 365 Å². The van der Waals surface area contributed by atoms with Crippen molar-refractivity contribution < 1.29 is 0 Å². The Morgan fingerprint density at radius 3 is 0.828 bits per heavy atom. The number of fused-ring (bicyclic) bond motifs is 18. The molecule has 536 valence electrons. The van der Waals surface area contributed by atoms with Gasteiger partial charge in [0.05, 0.1) is 106 Å². The van der Waals surface area contributed by atoms with Crippen LogP contribution in [0.25, 0.3) is 242 Å². The molecule has 116 heavy (non-hydrogen) atoms. The van der Waals surface area contributed by atoms with Crippen LogP contribution in [0.1, 0.15) is 0 Å². The first-order chi connectivity index (χ1) is 57.4. The molecule has 0 fully saturated rings. The minimum atomic E-state index is 0.827. The Hall–Kier alpha value is -15.9. The van der Waals surface area contributed by atoms with E-state index in [0.29, 0.717) is 0 Å². The second-order valence-electron chi connectivity index (χ2n) is 29.5. The van der Waals surface area contributed by atoms with Crippen LogP contribution >= 0.6 is 0 Å². The first kappa shape index (κ1) is 65.9. The molecule has 0 atom stereocenters. The fraction of sp³-hybridized carbons (Fsp3) is 0. The molecule has 0 bridgehead atoms. The van der Waals surface area contributed by atoms with Gasteiger partial charge in [-0.25, -0.2) is 34.9 Å². The van der Waals surface area contributed by atoms with Crippen molar-refractivity contribution >= 4 is 152 Å². The lowest BCUT2D eigenvalue weighted by Crippen LogP contribution is -1.95. The van der Waals surface area contributed by atoms with Crippen molar-refractivity contribution in [1.29, 1.82) is 0 Å². The Labute approximate surface area is 662 Å². The normalized spacial score (nSPS) is 11.8. The smallest absolute Gasteiger partial charge is 0.0972 e. The molecule has 12 nitrogen and oxygen atoms in total. The fourth-order valence-corrected chi connectivity index (χ4v) is 16.9. The summed E-state index contributed by atoms with van der Waals surface area (Å²) >= 11 is 0. The van der Waals surface area contributed by atoms with Crippen LogP contribution < -0.4 is 0 Å². The quantitative estimate of drug-likeness (QED) is 0.105. The molecule has 12 heterocycles. The van der Waals surface area contributed by atoms with Crippen molar-refractivity contribution in [1.82, 2.24) is 59.8 Å². The molecule has 0 saturated carbocycles. The predicted octanol–water partition coefficient (Wildman–Crippen LogP) is 25.6. The molecular formula is C104H60N12. The highest BCUT2D eigenvalue weighted by Gasteiger charge is 2.21. The SMILES string of the molecule is c1cnc2c(c1)ccc1ccc(-c3ccc4cc(-c5ccc6nc(-c7c8ccccc8c(-c8ccc9ccc%10cccnc%10c9n8)c8ccccc78)ccc6c5)ccc4n3)nc12.c1cnc2c(c1)ccc1ccc(-c3ccc4cc(-c5ccc6nc(-c7ccc(-c8cc9cccnc9c9ncccc89)cc7)ccc6c5)ccc4n3)nc12. The molecule has 12 aromatic carbocycles. The van der Waals surface area contributed by atoms with Crippen LogP contribution in [0.15, 0.2) is 365 Å². The summed E-state index contributed by atoms with van der Waals surface area (Å²) in [5, 5.41) is 17.5. The monoisotopic (exact) mass is 1480 g/mol. The first-order valence-corrected chi connectivity index (χ1v) is 38.7. The van der Waals surface area contributed by atoms with Gasteiger partial charge in [0.2, 0.25) is 0 Å². The zero-order valence-corrected chi connectivity index (χ0v) is 62.0. The third-order valence-electron chi connectivity index (χ3n) is 22.6. The van der Waals surface area contributed by atoms with Crippen LogP contribution in [0.2, 0.25) is 0 Å². The maximum absolute atomic E-state index is 5.34. The minimum Gasteiger partial charge on any atom is -0.254 e. The minimum absolute atomic E-state index is 0.827. The molecule has 0 saturated heterocycles. The maximum atomic E-state index is 5.34. The molecule has 0 N–H and O–H groups in total.